The van der Waals surface area contributed by atoms with Crippen molar-refractivity contribution in [3.63, 3.8) is 0 Å². The Bertz CT molecular complexity index is 1290. The maximum absolute atomic E-state index is 13.4. The highest BCUT2D eigenvalue weighted by atomic mass is 32.1. The Balaban J connectivity index is 1.52. The topological polar surface area (TPSA) is 72.7 Å². The average Bonchev–Trinajstić information content (AvgIpc) is 3.31. The minimum Gasteiger partial charge on any atom is -0.445 e. The molecule has 0 radical (unpaired) electrons. The number of hydrogen-bond acceptors (Lipinski definition) is 5. The lowest BCUT2D eigenvalue weighted by atomic mass is 9.89. The smallest absolute Gasteiger partial charge is 0.339 e. The number of halogens is 1. The van der Waals surface area contributed by atoms with Crippen LogP contribution in [0.5, 0.6) is 0 Å². The van der Waals surface area contributed by atoms with E-state index in [1.807, 2.05) is 17.5 Å². The fraction of sp³-hybridized carbons (Fsp3) is 0.136. The van der Waals surface area contributed by atoms with Gasteiger partial charge >= 0.3 is 5.97 Å². The molecule has 0 fully saturated rings. The second-order valence-corrected chi connectivity index (χ2v) is 8.15. The van der Waals surface area contributed by atoms with E-state index in [2.05, 4.69) is 10.3 Å². The third kappa shape index (κ3) is 2.96. The number of ether oxygens (including phenoxy) is 1. The first kappa shape index (κ1) is 18.5. The van der Waals surface area contributed by atoms with Gasteiger partial charge in [-0.1, -0.05) is 18.2 Å². The zero-order chi connectivity index (χ0) is 20.9. The molecule has 8 heteroatoms. The number of cyclic esters (lactones) is 1. The Morgan fingerprint density at radius 3 is 2.80 bits per heavy atom. The van der Waals surface area contributed by atoms with Crippen LogP contribution in [0.3, 0.4) is 0 Å². The van der Waals surface area contributed by atoms with E-state index < -0.39 is 17.5 Å². The van der Waals surface area contributed by atoms with Crippen molar-refractivity contribution in [3.8, 4) is 11.3 Å². The van der Waals surface area contributed by atoms with Crippen LogP contribution in [0.2, 0.25) is 0 Å². The van der Waals surface area contributed by atoms with Crippen molar-refractivity contribution in [3.05, 3.63) is 77.1 Å². The maximum atomic E-state index is 13.4. The summed E-state index contributed by atoms with van der Waals surface area (Å²) in [6, 6.07) is 13.0. The van der Waals surface area contributed by atoms with Crippen LogP contribution in [0.4, 0.5) is 10.2 Å². The van der Waals surface area contributed by atoms with Crippen LogP contribution in [0, 0.1) is 5.82 Å². The van der Waals surface area contributed by atoms with Gasteiger partial charge in [0.05, 0.1) is 5.56 Å². The molecule has 2 aromatic carbocycles. The van der Waals surface area contributed by atoms with Crippen molar-refractivity contribution in [2.24, 2.45) is 0 Å². The number of nitrogens with zero attached hydrogens (tertiary/aromatic N) is 2. The molecule has 5 rings (SSSR count). The number of imidazole rings is 1. The Kier molecular flexibility index (Phi) is 4.18. The standard InChI is InChI=1S/C22H16FN3O3S/c1-22(12-14-4-2-3-5-16(14)19(27)29-22)20(28)25-18-17(13-6-8-15(23)9-7-13)24-21-26(18)10-11-30-21/h2-11H,12H2,1H3,(H,25,28). The molecule has 1 amide bonds. The van der Waals surface area contributed by atoms with Crippen LogP contribution in [0.25, 0.3) is 16.2 Å². The van der Waals surface area contributed by atoms with E-state index >= 15 is 0 Å². The van der Waals surface area contributed by atoms with Crippen LogP contribution in [0.1, 0.15) is 22.8 Å². The number of amides is 1. The first-order chi connectivity index (χ1) is 14.4. The van der Waals surface area contributed by atoms with Gasteiger partial charge in [-0.2, -0.15) is 0 Å². The lowest BCUT2D eigenvalue weighted by Gasteiger charge is -2.33. The van der Waals surface area contributed by atoms with Crippen molar-refractivity contribution < 1.29 is 18.7 Å². The molecule has 6 nitrogen and oxygen atoms in total. The van der Waals surface area contributed by atoms with Gasteiger partial charge in [-0.05, 0) is 42.8 Å². The predicted octanol–water partition coefficient (Wildman–Crippen LogP) is 4.31. The van der Waals surface area contributed by atoms with Gasteiger partial charge in [0.1, 0.15) is 17.3 Å². The molecule has 2 aromatic heterocycles. The summed E-state index contributed by atoms with van der Waals surface area (Å²) in [7, 11) is 0. The first-order valence-electron chi connectivity index (χ1n) is 9.29. The number of aromatic nitrogens is 2. The van der Waals surface area contributed by atoms with Crippen molar-refractivity contribution >= 4 is 34.0 Å². The monoisotopic (exact) mass is 421 g/mol. The van der Waals surface area contributed by atoms with Crippen LogP contribution in [-0.2, 0) is 16.0 Å². The van der Waals surface area contributed by atoms with Crippen molar-refractivity contribution in [1.29, 1.82) is 0 Å². The first-order valence-corrected chi connectivity index (χ1v) is 10.2. The number of hydrogen-bond donors (Lipinski definition) is 1. The van der Waals surface area contributed by atoms with Crippen LogP contribution >= 0.6 is 11.3 Å². The fourth-order valence-electron chi connectivity index (χ4n) is 3.61. The summed E-state index contributed by atoms with van der Waals surface area (Å²) in [5, 5.41) is 4.74. The molecular weight excluding hydrogens is 405 g/mol. The highest BCUT2D eigenvalue weighted by Gasteiger charge is 2.43. The molecule has 1 atom stereocenters. The number of carbonyl (C=O) groups excluding carboxylic acids is 2. The molecule has 0 saturated carbocycles. The molecule has 1 aliphatic rings. The van der Waals surface area contributed by atoms with Crippen LogP contribution in [-0.4, -0.2) is 26.9 Å². The number of esters is 1. The van der Waals surface area contributed by atoms with Gasteiger partial charge in [0.25, 0.3) is 5.91 Å². The molecule has 150 valence electrons. The summed E-state index contributed by atoms with van der Waals surface area (Å²) in [6.45, 7) is 1.60. The van der Waals surface area contributed by atoms with Gasteiger partial charge in [-0.15, -0.1) is 11.3 Å². The Morgan fingerprint density at radius 1 is 1.23 bits per heavy atom. The Hall–Kier alpha value is -3.52. The number of nitrogens with one attached hydrogen (secondary N) is 1. The molecule has 0 bridgehead atoms. The van der Waals surface area contributed by atoms with E-state index in [4.69, 9.17) is 4.74 Å². The fourth-order valence-corrected chi connectivity index (χ4v) is 4.33. The van der Waals surface area contributed by atoms with Gasteiger partial charge < -0.3 is 10.1 Å². The lowest BCUT2D eigenvalue weighted by molar-refractivity contribution is -0.134. The van der Waals surface area contributed by atoms with Gasteiger partial charge in [0.15, 0.2) is 10.6 Å². The average molecular weight is 421 g/mol. The number of rotatable bonds is 3. The van der Waals surface area contributed by atoms with Crippen LogP contribution in [0.15, 0.2) is 60.1 Å². The second kappa shape index (κ2) is 6.77. The summed E-state index contributed by atoms with van der Waals surface area (Å²) < 4.78 is 20.7. The van der Waals surface area contributed by atoms with E-state index in [9.17, 15) is 14.0 Å². The number of carbonyl (C=O) groups is 2. The van der Waals surface area contributed by atoms with Gasteiger partial charge in [-0.25, -0.2) is 14.2 Å². The zero-order valence-corrected chi connectivity index (χ0v) is 16.7. The van der Waals surface area contributed by atoms with Gasteiger partial charge in [0, 0.05) is 23.6 Å². The third-order valence-corrected chi connectivity index (χ3v) is 5.93. The molecule has 3 heterocycles. The predicted molar refractivity (Wildman–Crippen MR) is 111 cm³/mol. The molecule has 4 aromatic rings. The van der Waals surface area contributed by atoms with E-state index in [1.165, 1.54) is 23.5 Å². The van der Waals surface area contributed by atoms with E-state index in [-0.39, 0.29) is 12.2 Å². The summed E-state index contributed by atoms with van der Waals surface area (Å²) in [5.41, 5.74) is 1.05. The number of anilines is 1. The van der Waals surface area contributed by atoms with Gasteiger partial charge in [-0.3, -0.25) is 9.20 Å². The molecule has 0 saturated heterocycles. The van der Waals surface area contributed by atoms with Gasteiger partial charge in [0.2, 0.25) is 0 Å². The molecule has 1 aliphatic heterocycles. The SMILES string of the molecule is CC1(C(=O)Nc2c(-c3ccc(F)cc3)nc3sccn23)Cc2ccccc2C(=O)O1. The number of benzene rings is 2. The molecule has 1 unspecified atom stereocenters. The number of fused-ring (bicyclic) bond motifs is 2. The summed E-state index contributed by atoms with van der Waals surface area (Å²) in [6.07, 6.45) is 2.05. The Labute approximate surface area is 174 Å². The number of thiazole rings is 1. The quantitative estimate of drug-likeness (QED) is 0.500. The molecule has 1 N–H and O–H groups in total. The Morgan fingerprint density at radius 2 is 2.00 bits per heavy atom. The highest BCUT2D eigenvalue weighted by Crippen LogP contribution is 2.33. The minimum atomic E-state index is -1.37. The van der Waals surface area contributed by atoms with Crippen molar-refractivity contribution in [1.82, 2.24) is 9.38 Å². The van der Waals surface area contributed by atoms with E-state index in [0.29, 0.717) is 27.6 Å². The molecule has 0 aliphatic carbocycles. The summed E-state index contributed by atoms with van der Waals surface area (Å²) in [4.78, 5) is 31.0. The second-order valence-electron chi connectivity index (χ2n) is 7.28. The molecule has 30 heavy (non-hydrogen) atoms. The van der Waals surface area contributed by atoms with Crippen LogP contribution < -0.4 is 5.32 Å². The largest absolute Gasteiger partial charge is 0.445 e. The normalized spacial score (nSPS) is 18.1. The van der Waals surface area contributed by atoms with E-state index in [1.54, 1.807) is 41.8 Å². The highest BCUT2D eigenvalue weighted by molar-refractivity contribution is 7.15. The molecular formula is C22H16FN3O3S. The maximum Gasteiger partial charge on any atom is 0.339 e. The molecule has 0 spiro atoms. The summed E-state index contributed by atoms with van der Waals surface area (Å²) >= 11 is 1.41. The zero-order valence-electron chi connectivity index (χ0n) is 15.9. The van der Waals surface area contributed by atoms with Crippen molar-refractivity contribution in [2.75, 3.05) is 5.32 Å². The van der Waals surface area contributed by atoms with Crippen molar-refractivity contribution in [2.45, 2.75) is 18.9 Å². The van der Waals surface area contributed by atoms with E-state index in [0.717, 1.165) is 5.56 Å². The summed E-state index contributed by atoms with van der Waals surface area (Å²) in [5.74, 6) is -0.895. The lowest BCUT2D eigenvalue weighted by Crippen LogP contribution is -2.49. The minimum absolute atomic E-state index is 0.262. The third-order valence-electron chi connectivity index (χ3n) is 5.18.